The first kappa shape index (κ1) is 18.8. The lowest BCUT2D eigenvalue weighted by molar-refractivity contribution is 0.565. The molecule has 0 bridgehead atoms. The molecule has 0 saturated heterocycles. The van der Waals surface area contributed by atoms with Crippen molar-refractivity contribution in [2.45, 2.75) is 26.2 Å². The van der Waals surface area contributed by atoms with Crippen LogP contribution in [-0.2, 0) is 12.8 Å². The Morgan fingerprint density at radius 2 is 1.52 bits per heavy atom. The quantitative estimate of drug-likeness (QED) is 0.355. The van der Waals surface area contributed by atoms with Crippen molar-refractivity contribution in [2.24, 2.45) is 21.1 Å². The first-order valence-electron chi connectivity index (χ1n) is 9.78. The molecule has 3 aromatic rings. The SMILES string of the molecule is C=Nc1ccc(N=Nc2ccc(-c3ccc(C)cc3)cc2)c2c1CC(C#N)CC2. The molecule has 1 aliphatic carbocycles. The van der Waals surface area contributed by atoms with Crippen LogP contribution in [0.1, 0.15) is 23.1 Å². The molecule has 1 atom stereocenters. The molecule has 1 aliphatic rings. The first-order valence-corrected chi connectivity index (χ1v) is 9.78. The predicted molar refractivity (Wildman–Crippen MR) is 118 cm³/mol. The van der Waals surface area contributed by atoms with Crippen molar-refractivity contribution >= 4 is 23.8 Å². The van der Waals surface area contributed by atoms with E-state index >= 15 is 0 Å². The number of benzene rings is 3. The average molecular weight is 378 g/mol. The van der Waals surface area contributed by atoms with Crippen molar-refractivity contribution in [2.75, 3.05) is 0 Å². The molecule has 0 aromatic heterocycles. The van der Waals surface area contributed by atoms with E-state index in [9.17, 15) is 5.26 Å². The van der Waals surface area contributed by atoms with Crippen LogP contribution in [0.3, 0.4) is 0 Å². The molecule has 4 rings (SSSR count). The molecule has 0 amide bonds. The van der Waals surface area contributed by atoms with Gasteiger partial charge in [-0.1, -0.05) is 42.0 Å². The lowest BCUT2D eigenvalue weighted by Crippen LogP contribution is -2.12. The van der Waals surface area contributed by atoms with Gasteiger partial charge in [0.05, 0.1) is 29.0 Å². The molecule has 29 heavy (non-hydrogen) atoms. The number of nitrogens with zero attached hydrogens (tertiary/aromatic N) is 4. The van der Waals surface area contributed by atoms with E-state index in [1.165, 1.54) is 11.1 Å². The molecule has 0 spiro atoms. The summed E-state index contributed by atoms with van der Waals surface area (Å²) in [4.78, 5) is 4.12. The van der Waals surface area contributed by atoms with Crippen LogP contribution in [0.25, 0.3) is 11.1 Å². The topological polar surface area (TPSA) is 60.9 Å². The second-order valence-corrected chi connectivity index (χ2v) is 7.40. The predicted octanol–water partition coefficient (Wildman–Crippen LogP) is 7.04. The molecule has 3 aromatic carbocycles. The fourth-order valence-corrected chi connectivity index (χ4v) is 3.77. The molecule has 4 heteroatoms. The van der Waals surface area contributed by atoms with E-state index in [0.29, 0.717) is 6.42 Å². The highest BCUT2D eigenvalue weighted by molar-refractivity contribution is 5.66. The maximum atomic E-state index is 9.28. The zero-order chi connectivity index (χ0) is 20.2. The van der Waals surface area contributed by atoms with Crippen LogP contribution in [0.5, 0.6) is 0 Å². The highest BCUT2D eigenvalue weighted by Crippen LogP contribution is 2.38. The van der Waals surface area contributed by atoms with Crippen molar-refractivity contribution in [3.8, 4) is 17.2 Å². The minimum absolute atomic E-state index is 0.0320. The smallest absolute Gasteiger partial charge is 0.0893 e. The maximum absolute atomic E-state index is 9.28. The van der Waals surface area contributed by atoms with Gasteiger partial charge < -0.3 is 0 Å². The Kier molecular flexibility index (Phi) is 5.31. The van der Waals surface area contributed by atoms with Crippen LogP contribution >= 0.6 is 0 Å². The monoisotopic (exact) mass is 378 g/mol. The molecule has 4 nitrogen and oxygen atoms in total. The fourth-order valence-electron chi connectivity index (χ4n) is 3.77. The Morgan fingerprint density at radius 3 is 2.17 bits per heavy atom. The minimum atomic E-state index is 0.0320. The number of azo groups is 1. The van der Waals surface area contributed by atoms with Crippen LogP contribution in [0, 0.1) is 24.2 Å². The van der Waals surface area contributed by atoms with E-state index in [4.69, 9.17) is 0 Å². The summed E-state index contributed by atoms with van der Waals surface area (Å²) in [6.45, 7) is 5.75. The van der Waals surface area contributed by atoms with Gasteiger partial charge >= 0.3 is 0 Å². The third kappa shape index (κ3) is 4.00. The van der Waals surface area contributed by atoms with Gasteiger partial charge in [0.15, 0.2) is 0 Å². The van der Waals surface area contributed by atoms with Gasteiger partial charge in [0.2, 0.25) is 0 Å². The molecule has 0 aliphatic heterocycles. The molecule has 0 saturated carbocycles. The van der Waals surface area contributed by atoms with E-state index < -0.39 is 0 Å². The summed E-state index contributed by atoms with van der Waals surface area (Å²) < 4.78 is 0. The summed E-state index contributed by atoms with van der Waals surface area (Å²) in [7, 11) is 0. The Hall–Kier alpha value is -3.58. The number of aliphatic imine (C=N–C) groups is 1. The van der Waals surface area contributed by atoms with Crippen LogP contribution in [-0.4, -0.2) is 6.72 Å². The van der Waals surface area contributed by atoms with Gasteiger partial charge in [-0.3, -0.25) is 4.99 Å². The molecule has 0 radical (unpaired) electrons. The first-order chi connectivity index (χ1) is 14.2. The summed E-state index contributed by atoms with van der Waals surface area (Å²) in [5, 5.41) is 18.2. The molecular formula is C25H22N4. The zero-order valence-electron chi connectivity index (χ0n) is 16.5. The van der Waals surface area contributed by atoms with Gasteiger partial charge in [-0.15, -0.1) is 0 Å². The van der Waals surface area contributed by atoms with Gasteiger partial charge in [-0.05, 0) is 79.4 Å². The Labute approximate surface area is 171 Å². The fraction of sp³-hybridized carbons (Fsp3) is 0.200. The third-order valence-electron chi connectivity index (χ3n) is 5.45. The number of rotatable bonds is 4. The summed E-state index contributed by atoms with van der Waals surface area (Å²) in [5.74, 6) is 0.0320. The lowest BCUT2D eigenvalue weighted by Gasteiger charge is -2.22. The Morgan fingerprint density at radius 1 is 0.862 bits per heavy atom. The van der Waals surface area contributed by atoms with Crippen LogP contribution < -0.4 is 0 Å². The molecule has 0 fully saturated rings. The lowest BCUT2D eigenvalue weighted by atomic mass is 9.83. The second kappa shape index (κ2) is 8.20. The normalized spacial score (nSPS) is 15.7. The largest absolute Gasteiger partial charge is 0.264 e. The van der Waals surface area contributed by atoms with Gasteiger partial charge in [0.25, 0.3) is 0 Å². The van der Waals surface area contributed by atoms with Gasteiger partial charge in [0, 0.05) is 0 Å². The van der Waals surface area contributed by atoms with Crippen molar-refractivity contribution in [3.05, 3.63) is 77.4 Å². The number of hydrogen-bond donors (Lipinski definition) is 0. The van der Waals surface area contributed by atoms with Gasteiger partial charge in [0.1, 0.15) is 0 Å². The van der Waals surface area contributed by atoms with Gasteiger partial charge in [-0.2, -0.15) is 15.5 Å². The second-order valence-electron chi connectivity index (χ2n) is 7.40. The summed E-state index contributed by atoms with van der Waals surface area (Å²) >= 11 is 0. The number of aryl methyl sites for hydroxylation is 1. The number of hydrogen-bond acceptors (Lipinski definition) is 4. The molecule has 142 valence electrons. The van der Waals surface area contributed by atoms with Crippen molar-refractivity contribution in [1.82, 2.24) is 0 Å². The standard InChI is InChI=1S/C25H22N4/c1-17-3-6-19(7-4-17)20-8-10-21(11-9-20)28-29-25-14-13-24(27-2)23-15-18(16-26)5-12-22(23)25/h3-4,6-11,13-14,18H,2,5,12,15H2,1H3. The van der Waals surface area contributed by atoms with Crippen LogP contribution in [0.2, 0.25) is 0 Å². The summed E-state index contributed by atoms with van der Waals surface area (Å²) in [6.07, 6.45) is 2.37. The Balaban J connectivity index is 1.59. The summed E-state index contributed by atoms with van der Waals surface area (Å²) in [5.41, 5.74) is 8.34. The van der Waals surface area contributed by atoms with Crippen molar-refractivity contribution in [3.63, 3.8) is 0 Å². The van der Waals surface area contributed by atoms with E-state index in [1.54, 1.807) is 0 Å². The molecule has 0 heterocycles. The maximum Gasteiger partial charge on any atom is 0.0893 e. The van der Waals surface area contributed by atoms with E-state index in [0.717, 1.165) is 46.6 Å². The zero-order valence-corrected chi connectivity index (χ0v) is 16.5. The van der Waals surface area contributed by atoms with Crippen molar-refractivity contribution < 1.29 is 0 Å². The third-order valence-corrected chi connectivity index (χ3v) is 5.45. The van der Waals surface area contributed by atoms with Crippen LogP contribution in [0.4, 0.5) is 17.1 Å². The van der Waals surface area contributed by atoms with E-state index in [-0.39, 0.29) is 5.92 Å². The van der Waals surface area contributed by atoms with Gasteiger partial charge in [-0.25, -0.2) is 0 Å². The highest BCUT2D eigenvalue weighted by Gasteiger charge is 2.23. The molecular weight excluding hydrogens is 356 g/mol. The molecule has 1 unspecified atom stereocenters. The average Bonchev–Trinajstić information content (AvgIpc) is 2.78. The number of nitriles is 1. The number of fused-ring (bicyclic) bond motifs is 1. The van der Waals surface area contributed by atoms with E-state index in [1.807, 2.05) is 24.3 Å². The van der Waals surface area contributed by atoms with Crippen molar-refractivity contribution in [1.29, 1.82) is 5.26 Å². The Bertz CT molecular complexity index is 1100. The highest BCUT2D eigenvalue weighted by atomic mass is 15.1. The van der Waals surface area contributed by atoms with Crippen LogP contribution in [0.15, 0.2) is 75.9 Å². The minimum Gasteiger partial charge on any atom is -0.264 e. The molecule has 0 N–H and O–H groups in total. The van der Waals surface area contributed by atoms with E-state index in [2.05, 4.69) is 71.3 Å². The summed E-state index contributed by atoms with van der Waals surface area (Å²) in [6, 6.07) is 22.8.